The Balaban J connectivity index is 2.40. The van der Waals surface area contributed by atoms with Crippen molar-refractivity contribution >= 4 is 5.95 Å². The second-order valence-electron chi connectivity index (χ2n) is 4.44. The van der Waals surface area contributed by atoms with Crippen LogP contribution in [0.15, 0.2) is 6.20 Å². The fourth-order valence-electron chi connectivity index (χ4n) is 1.73. The normalized spacial score (nSPS) is 11.1. The third kappa shape index (κ3) is 4.23. The minimum Gasteiger partial charge on any atom is -0.356 e. The van der Waals surface area contributed by atoms with E-state index < -0.39 is 0 Å². The van der Waals surface area contributed by atoms with E-state index >= 15 is 0 Å². The van der Waals surface area contributed by atoms with Gasteiger partial charge in [0.25, 0.3) is 0 Å². The molecule has 0 aliphatic heterocycles. The molecule has 0 aliphatic rings. The Hall–Kier alpha value is -1.03. The Morgan fingerprint density at radius 1 is 1.38 bits per heavy atom. The van der Waals surface area contributed by atoms with Crippen LogP contribution in [0.3, 0.4) is 0 Å². The second-order valence-corrected chi connectivity index (χ2v) is 4.44. The average molecular weight is 224 g/mol. The topological polar surface area (TPSA) is 33.1 Å². The number of rotatable bonds is 7. The van der Waals surface area contributed by atoms with Crippen LogP contribution in [0, 0.1) is 6.92 Å². The van der Waals surface area contributed by atoms with Crippen LogP contribution in [0.4, 0.5) is 5.95 Å². The molecule has 0 saturated carbocycles. The van der Waals surface area contributed by atoms with Gasteiger partial charge in [-0.3, -0.25) is 0 Å². The van der Waals surface area contributed by atoms with E-state index in [4.69, 9.17) is 0 Å². The zero-order valence-electron chi connectivity index (χ0n) is 11.0. The monoisotopic (exact) mass is 224 g/mol. The van der Waals surface area contributed by atoms with Gasteiger partial charge in [-0.15, -0.1) is 0 Å². The van der Waals surface area contributed by atoms with Gasteiger partial charge >= 0.3 is 0 Å². The quantitative estimate of drug-likeness (QED) is 0.719. The number of nitrogens with one attached hydrogen (secondary N) is 1. The molecule has 0 spiro atoms. The SMILES string of the molecule is CCNc1nc(C)cn1CCCCN(C)C. The molecule has 4 heteroatoms. The van der Waals surface area contributed by atoms with E-state index in [2.05, 4.69) is 47.0 Å². The van der Waals surface area contributed by atoms with Crippen molar-refractivity contribution in [3.63, 3.8) is 0 Å². The van der Waals surface area contributed by atoms with Gasteiger partial charge in [-0.25, -0.2) is 4.98 Å². The lowest BCUT2D eigenvalue weighted by Gasteiger charge is -2.10. The number of hydrogen-bond donors (Lipinski definition) is 1. The molecule has 0 aliphatic carbocycles. The van der Waals surface area contributed by atoms with Gasteiger partial charge < -0.3 is 14.8 Å². The number of anilines is 1. The van der Waals surface area contributed by atoms with Crippen LogP contribution < -0.4 is 5.32 Å². The van der Waals surface area contributed by atoms with Crippen molar-refractivity contribution in [3.8, 4) is 0 Å². The molecule has 0 fully saturated rings. The lowest BCUT2D eigenvalue weighted by molar-refractivity contribution is 0.388. The highest BCUT2D eigenvalue weighted by molar-refractivity contribution is 5.28. The molecular formula is C12H24N4. The maximum Gasteiger partial charge on any atom is 0.203 e. The highest BCUT2D eigenvalue weighted by atomic mass is 15.2. The van der Waals surface area contributed by atoms with Gasteiger partial charge in [0.1, 0.15) is 0 Å². The first kappa shape index (κ1) is 13.0. The third-order valence-electron chi connectivity index (χ3n) is 2.49. The molecular weight excluding hydrogens is 200 g/mol. The molecule has 1 aromatic heterocycles. The van der Waals surface area contributed by atoms with Crippen molar-refractivity contribution in [2.45, 2.75) is 33.2 Å². The summed E-state index contributed by atoms with van der Waals surface area (Å²) in [6.45, 7) is 7.27. The first-order chi connectivity index (χ1) is 7.63. The van der Waals surface area contributed by atoms with E-state index in [0.717, 1.165) is 31.3 Å². The Morgan fingerprint density at radius 2 is 2.12 bits per heavy atom. The molecule has 16 heavy (non-hydrogen) atoms. The molecule has 0 radical (unpaired) electrons. The van der Waals surface area contributed by atoms with Crippen molar-refractivity contribution in [2.75, 3.05) is 32.5 Å². The zero-order valence-corrected chi connectivity index (χ0v) is 11.0. The molecule has 1 heterocycles. The number of unbranched alkanes of at least 4 members (excludes halogenated alkanes) is 1. The summed E-state index contributed by atoms with van der Waals surface area (Å²) in [7, 11) is 4.23. The largest absolute Gasteiger partial charge is 0.356 e. The maximum atomic E-state index is 4.46. The van der Waals surface area contributed by atoms with Crippen molar-refractivity contribution < 1.29 is 0 Å². The smallest absolute Gasteiger partial charge is 0.203 e. The van der Waals surface area contributed by atoms with Gasteiger partial charge in [0.05, 0.1) is 5.69 Å². The summed E-state index contributed by atoms with van der Waals surface area (Å²) < 4.78 is 2.22. The molecule has 0 unspecified atom stereocenters. The van der Waals surface area contributed by atoms with Crippen LogP contribution in [-0.4, -0.2) is 41.6 Å². The molecule has 1 rings (SSSR count). The summed E-state index contributed by atoms with van der Waals surface area (Å²) in [6.07, 6.45) is 4.55. The number of hydrogen-bond acceptors (Lipinski definition) is 3. The number of nitrogens with zero attached hydrogens (tertiary/aromatic N) is 3. The van der Waals surface area contributed by atoms with Gasteiger partial charge in [-0.2, -0.15) is 0 Å². The lowest BCUT2D eigenvalue weighted by atomic mass is 10.3. The number of aryl methyl sites for hydroxylation is 2. The van der Waals surface area contributed by atoms with Crippen molar-refractivity contribution in [1.29, 1.82) is 0 Å². The highest BCUT2D eigenvalue weighted by Crippen LogP contribution is 2.09. The number of imidazole rings is 1. The van der Waals surface area contributed by atoms with Crippen LogP contribution >= 0.6 is 0 Å². The molecule has 1 N–H and O–H groups in total. The Kier molecular flexibility index (Phi) is 5.32. The summed E-state index contributed by atoms with van der Waals surface area (Å²) in [4.78, 5) is 6.68. The van der Waals surface area contributed by atoms with Crippen LogP contribution in [0.2, 0.25) is 0 Å². The van der Waals surface area contributed by atoms with Crippen LogP contribution in [-0.2, 0) is 6.54 Å². The van der Waals surface area contributed by atoms with Gasteiger partial charge in [0.2, 0.25) is 5.95 Å². The first-order valence-corrected chi connectivity index (χ1v) is 6.06. The highest BCUT2D eigenvalue weighted by Gasteiger charge is 2.03. The van der Waals surface area contributed by atoms with Crippen LogP contribution in [0.25, 0.3) is 0 Å². The van der Waals surface area contributed by atoms with Crippen molar-refractivity contribution in [2.24, 2.45) is 0 Å². The average Bonchev–Trinajstić information content (AvgIpc) is 2.54. The Labute approximate surface area is 98.7 Å². The van der Waals surface area contributed by atoms with Crippen molar-refractivity contribution in [3.05, 3.63) is 11.9 Å². The molecule has 4 nitrogen and oxygen atoms in total. The minimum absolute atomic E-state index is 0.925. The Bertz CT molecular complexity index is 304. The number of aromatic nitrogens is 2. The zero-order chi connectivity index (χ0) is 12.0. The maximum absolute atomic E-state index is 4.46. The summed E-state index contributed by atoms with van der Waals surface area (Å²) in [5, 5.41) is 3.29. The Morgan fingerprint density at radius 3 is 2.75 bits per heavy atom. The van der Waals surface area contributed by atoms with E-state index in [1.807, 2.05) is 6.92 Å². The van der Waals surface area contributed by atoms with E-state index in [-0.39, 0.29) is 0 Å². The molecule has 0 amide bonds. The molecule has 92 valence electrons. The van der Waals surface area contributed by atoms with E-state index in [9.17, 15) is 0 Å². The summed E-state index contributed by atoms with van der Waals surface area (Å²) in [6, 6.07) is 0. The summed E-state index contributed by atoms with van der Waals surface area (Å²) >= 11 is 0. The van der Waals surface area contributed by atoms with Gasteiger partial charge in [0, 0.05) is 19.3 Å². The van der Waals surface area contributed by atoms with Crippen molar-refractivity contribution in [1.82, 2.24) is 14.5 Å². The molecule has 0 aromatic carbocycles. The fourth-order valence-corrected chi connectivity index (χ4v) is 1.73. The van der Waals surface area contributed by atoms with Crippen LogP contribution in [0.5, 0.6) is 0 Å². The van der Waals surface area contributed by atoms with Gasteiger partial charge in [-0.1, -0.05) is 0 Å². The minimum atomic E-state index is 0.925. The molecule has 1 aromatic rings. The summed E-state index contributed by atoms with van der Waals surface area (Å²) in [5.41, 5.74) is 1.09. The summed E-state index contributed by atoms with van der Waals surface area (Å²) in [5.74, 6) is 1.00. The van der Waals surface area contributed by atoms with Gasteiger partial charge in [-0.05, 0) is 47.3 Å². The third-order valence-corrected chi connectivity index (χ3v) is 2.49. The van der Waals surface area contributed by atoms with E-state index in [0.29, 0.717) is 0 Å². The lowest BCUT2D eigenvalue weighted by Crippen LogP contribution is -2.14. The first-order valence-electron chi connectivity index (χ1n) is 6.06. The fraction of sp³-hybridized carbons (Fsp3) is 0.750. The predicted octanol–water partition coefficient (Wildman–Crippen LogP) is 1.97. The second kappa shape index (κ2) is 6.53. The van der Waals surface area contributed by atoms with Gasteiger partial charge in [0.15, 0.2) is 0 Å². The standard InChI is InChI=1S/C12H24N4/c1-5-13-12-14-11(2)10-16(12)9-7-6-8-15(3)4/h10H,5-9H2,1-4H3,(H,13,14). The van der Waals surface area contributed by atoms with E-state index in [1.165, 1.54) is 12.8 Å². The predicted molar refractivity (Wildman–Crippen MR) is 68.9 cm³/mol. The molecule has 0 bridgehead atoms. The molecule has 0 saturated heterocycles. The molecule has 0 atom stereocenters. The van der Waals surface area contributed by atoms with Crippen LogP contribution in [0.1, 0.15) is 25.5 Å². The van der Waals surface area contributed by atoms with E-state index in [1.54, 1.807) is 0 Å².